The fraction of sp³-hybridized carbons (Fsp3) is 0.583. The Morgan fingerprint density at radius 1 is 1.57 bits per heavy atom. The highest BCUT2D eigenvalue weighted by Gasteiger charge is 2.80. The van der Waals surface area contributed by atoms with Gasteiger partial charge in [-0.15, -0.1) is 0 Å². The minimum absolute atomic E-state index is 0.437. The van der Waals surface area contributed by atoms with Crippen LogP contribution in [0.3, 0.4) is 0 Å². The van der Waals surface area contributed by atoms with Gasteiger partial charge in [-0.2, -0.15) is 0 Å². The SMILES string of the molecule is CC(=O)OC12O[C@H](CO)C(O)C1[C@@H]2n1ccc(=O)[nH]c1=O. The highest BCUT2D eigenvalue weighted by Crippen LogP contribution is 2.64. The van der Waals surface area contributed by atoms with Gasteiger partial charge in [-0.1, -0.05) is 0 Å². The van der Waals surface area contributed by atoms with Gasteiger partial charge in [0.2, 0.25) is 5.79 Å². The van der Waals surface area contributed by atoms with Crippen LogP contribution in [-0.2, 0) is 14.3 Å². The van der Waals surface area contributed by atoms with Crippen molar-refractivity contribution in [2.24, 2.45) is 5.92 Å². The molecule has 1 aliphatic heterocycles. The molecule has 3 unspecified atom stereocenters. The number of aliphatic hydroxyl groups is 2. The van der Waals surface area contributed by atoms with E-state index in [1.165, 1.54) is 13.1 Å². The number of nitrogens with one attached hydrogen (secondary N) is 1. The number of ether oxygens (including phenoxy) is 2. The molecule has 2 heterocycles. The Morgan fingerprint density at radius 3 is 2.86 bits per heavy atom. The third kappa shape index (κ3) is 1.93. The van der Waals surface area contributed by atoms with Crippen molar-refractivity contribution in [2.75, 3.05) is 6.61 Å². The quantitative estimate of drug-likeness (QED) is 0.536. The number of esters is 1. The highest BCUT2D eigenvalue weighted by molar-refractivity contribution is 5.67. The van der Waals surface area contributed by atoms with E-state index in [-0.39, 0.29) is 0 Å². The average molecular weight is 298 g/mol. The van der Waals surface area contributed by atoms with Crippen LogP contribution in [0.2, 0.25) is 0 Å². The lowest BCUT2D eigenvalue weighted by molar-refractivity contribution is -0.201. The molecule has 1 saturated heterocycles. The van der Waals surface area contributed by atoms with Crippen LogP contribution in [0.4, 0.5) is 0 Å². The molecule has 1 aromatic rings. The van der Waals surface area contributed by atoms with E-state index < -0.39 is 53.8 Å². The van der Waals surface area contributed by atoms with Crippen molar-refractivity contribution in [1.29, 1.82) is 0 Å². The summed E-state index contributed by atoms with van der Waals surface area (Å²) >= 11 is 0. The van der Waals surface area contributed by atoms with Crippen molar-refractivity contribution in [2.45, 2.75) is 31.0 Å². The average Bonchev–Trinajstić information content (AvgIpc) is 2.92. The molecule has 5 atom stereocenters. The lowest BCUT2D eigenvalue weighted by atomic mass is 10.1. The monoisotopic (exact) mass is 298 g/mol. The van der Waals surface area contributed by atoms with Gasteiger partial charge in [0.05, 0.1) is 18.6 Å². The number of aromatic amines is 1. The lowest BCUT2D eigenvalue weighted by Crippen LogP contribution is -2.37. The summed E-state index contributed by atoms with van der Waals surface area (Å²) in [5.41, 5.74) is -1.25. The van der Waals surface area contributed by atoms with E-state index in [2.05, 4.69) is 4.98 Å². The number of aliphatic hydroxyl groups excluding tert-OH is 2. The first-order chi connectivity index (χ1) is 9.90. The molecule has 0 spiro atoms. The van der Waals surface area contributed by atoms with Gasteiger partial charge in [0.25, 0.3) is 5.56 Å². The second-order valence-electron chi connectivity index (χ2n) is 5.13. The standard InChI is InChI=1S/C12H14N2O7/c1-5(16)20-12-8(9(18)6(4-15)21-12)10(12)14-3-2-7(17)13-11(14)19/h2-3,6,8-10,15,18H,4H2,1H3,(H,13,17,19)/t6-,8?,9?,10+,12?/m1/s1. The van der Waals surface area contributed by atoms with Gasteiger partial charge < -0.3 is 19.7 Å². The van der Waals surface area contributed by atoms with Crippen molar-refractivity contribution in [3.63, 3.8) is 0 Å². The molecule has 0 radical (unpaired) electrons. The van der Waals surface area contributed by atoms with Gasteiger partial charge >= 0.3 is 11.7 Å². The first kappa shape index (κ1) is 14.0. The zero-order chi connectivity index (χ0) is 15.4. The third-order valence-electron chi connectivity index (χ3n) is 3.83. The van der Waals surface area contributed by atoms with Crippen LogP contribution < -0.4 is 11.2 Å². The summed E-state index contributed by atoms with van der Waals surface area (Å²) in [6.07, 6.45) is -0.721. The molecular weight excluding hydrogens is 284 g/mol. The summed E-state index contributed by atoms with van der Waals surface area (Å²) in [4.78, 5) is 36.2. The number of fused-ring (bicyclic) bond motifs is 1. The van der Waals surface area contributed by atoms with E-state index in [0.29, 0.717) is 0 Å². The Balaban J connectivity index is 1.99. The number of aromatic nitrogens is 2. The van der Waals surface area contributed by atoms with E-state index in [1.807, 2.05) is 0 Å². The van der Waals surface area contributed by atoms with Crippen LogP contribution in [0.15, 0.2) is 21.9 Å². The molecule has 0 bridgehead atoms. The number of hydrogen-bond acceptors (Lipinski definition) is 7. The van der Waals surface area contributed by atoms with E-state index in [0.717, 1.165) is 10.6 Å². The van der Waals surface area contributed by atoms with Crippen LogP contribution >= 0.6 is 0 Å². The molecule has 1 aliphatic carbocycles. The number of nitrogens with zero attached hydrogens (tertiary/aromatic N) is 1. The summed E-state index contributed by atoms with van der Waals surface area (Å²) in [6.45, 7) is 0.743. The Hall–Kier alpha value is -1.97. The zero-order valence-electron chi connectivity index (χ0n) is 11.1. The van der Waals surface area contributed by atoms with Gasteiger partial charge in [-0.3, -0.25) is 19.1 Å². The van der Waals surface area contributed by atoms with E-state index >= 15 is 0 Å². The minimum Gasteiger partial charge on any atom is -0.430 e. The van der Waals surface area contributed by atoms with Crippen molar-refractivity contribution in [3.8, 4) is 0 Å². The lowest BCUT2D eigenvalue weighted by Gasteiger charge is -2.22. The summed E-state index contributed by atoms with van der Waals surface area (Å²) in [7, 11) is 0. The van der Waals surface area contributed by atoms with Gasteiger partial charge in [0, 0.05) is 19.2 Å². The molecule has 1 saturated carbocycles. The summed E-state index contributed by atoms with van der Waals surface area (Å²) in [5.74, 6) is -2.80. The van der Waals surface area contributed by atoms with E-state index in [1.54, 1.807) is 0 Å². The topological polar surface area (TPSA) is 131 Å². The smallest absolute Gasteiger partial charge is 0.328 e. The maximum Gasteiger partial charge on any atom is 0.328 e. The van der Waals surface area contributed by atoms with Gasteiger partial charge in [-0.05, 0) is 0 Å². The van der Waals surface area contributed by atoms with Crippen LogP contribution in [0.5, 0.6) is 0 Å². The molecule has 114 valence electrons. The molecule has 0 aromatic carbocycles. The maximum absolute atomic E-state index is 11.8. The largest absolute Gasteiger partial charge is 0.430 e. The number of carbonyl (C=O) groups excluding carboxylic acids is 1. The van der Waals surface area contributed by atoms with Crippen molar-refractivity contribution in [3.05, 3.63) is 33.1 Å². The third-order valence-corrected chi connectivity index (χ3v) is 3.83. The highest BCUT2D eigenvalue weighted by atomic mass is 16.7. The number of H-pyrrole nitrogens is 1. The molecule has 9 nitrogen and oxygen atoms in total. The van der Waals surface area contributed by atoms with Crippen molar-refractivity contribution >= 4 is 5.97 Å². The van der Waals surface area contributed by atoms with Gasteiger partial charge in [0.1, 0.15) is 12.1 Å². The molecule has 2 aliphatic rings. The molecule has 21 heavy (non-hydrogen) atoms. The predicted octanol–water partition coefficient (Wildman–Crippen LogP) is -2.28. The van der Waals surface area contributed by atoms with E-state index in [4.69, 9.17) is 14.6 Å². The number of carbonyl (C=O) groups is 1. The minimum atomic E-state index is -1.49. The summed E-state index contributed by atoms with van der Waals surface area (Å²) < 4.78 is 11.7. The normalized spacial score (nSPS) is 37.1. The fourth-order valence-electron chi connectivity index (χ4n) is 3.00. The van der Waals surface area contributed by atoms with Crippen molar-refractivity contribution < 1.29 is 24.5 Å². The fourth-order valence-corrected chi connectivity index (χ4v) is 3.00. The number of hydrogen-bond donors (Lipinski definition) is 3. The molecule has 0 amide bonds. The predicted molar refractivity (Wildman–Crippen MR) is 66.3 cm³/mol. The second kappa shape index (κ2) is 4.52. The van der Waals surface area contributed by atoms with Crippen LogP contribution in [0, 0.1) is 5.92 Å². The van der Waals surface area contributed by atoms with Crippen LogP contribution in [0.25, 0.3) is 0 Å². The summed E-state index contributed by atoms with van der Waals surface area (Å²) in [6, 6.07) is 0.399. The first-order valence-electron chi connectivity index (χ1n) is 6.38. The van der Waals surface area contributed by atoms with Crippen molar-refractivity contribution in [1.82, 2.24) is 9.55 Å². The van der Waals surface area contributed by atoms with E-state index in [9.17, 15) is 19.5 Å². The Morgan fingerprint density at radius 2 is 2.29 bits per heavy atom. The maximum atomic E-state index is 11.8. The molecule has 3 N–H and O–H groups in total. The van der Waals surface area contributed by atoms with Crippen LogP contribution in [-0.4, -0.2) is 50.3 Å². The molecule has 3 rings (SSSR count). The van der Waals surface area contributed by atoms with Gasteiger partial charge in [0.15, 0.2) is 0 Å². The zero-order valence-corrected chi connectivity index (χ0v) is 11.1. The summed E-state index contributed by atoms with van der Waals surface area (Å²) in [5, 5.41) is 19.2. The Bertz CT molecular complexity index is 695. The molecule has 9 heteroatoms. The van der Waals surface area contributed by atoms with Gasteiger partial charge in [-0.25, -0.2) is 4.79 Å². The molecular formula is C12H14N2O7. The number of rotatable bonds is 3. The first-order valence-corrected chi connectivity index (χ1v) is 6.38. The van der Waals surface area contributed by atoms with Crippen LogP contribution in [0.1, 0.15) is 13.0 Å². The Labute approximate surface area is 117 Å². The molecule has 2 fully saturated rings. The second-order valence-corrected chi connectivity index (χ2v) is 5.13. The molecule has 1 aromatic heterocycles. The Kier molecular flexibility index (Phi) is 3.01.